The Labute approximate surface area is 94.7 Å². The van der Waals surface area contributed by atoms with Crippen molar-refractivity contribution in [2.45, 2.75) is 13.3 Å². The first kappa shape index (κ1) is 15.5. The van der Waals surface area contributed by atoms with E-state index in [0.29, 0.717) is 13.0 Å². The van der Waals surface area contributed by atoms with E-state index >= 15 is 0 Å². The molecule has 0 amide bonds. The van der Waals surface area contributed by atoms with Crippen LogP contribution in [-0.2, 0) is 23.1 Å². The van der Waals surface area contributed by atoms with Crippen molar-refractivity contribution >= 4 is 13.8 Å². The molecule has 0 aliphatic rings. The van der Waals surface area contributed by atoms with Crippen LogP contribution in [0.15, 0.2) is 0 Å². The number of carbonyl (C=O) groups excluding carboxylic acids is 1. The Bertz CT molecular complexity index is 247. The van der Waals surface area contributed by atoms with Crippen molar-refractivity contribution in [1.82, 2.24) is 5.32 Å². The maximum absolute atomic E-state index is 11.2. The number of carbonyl (C=O) groups is 1. The molecule has 16 heavy (non-hydrogen) atoms. The zero-order valence-electron chi connectivity index (χ0n) is 9.47. The Kier molecular flexibility index (Phi) is 8.42. The molecule has 0 spiro atoms. The summed E-state index contributed by atoms with van der Waals surface area (Å²) >= 11 is 0. The number of hydrogen-bond donors (Lipinski definition) is 2. The van der Waals surface area contributed by atoms with E-state index in [-0.39, 0.29) is 19.8 Å². The highest BCUT2D eigenvalue weighted by Crippen LogP contribution is 2.42. The van der Waals surface area contributed by atoms with E-state index in [2.05, 4.69) is 19.1 Å². The number of phosphoric ester groups is 1. The van der Waals surface area contributed by atoms with E-state index in [1.165, 1.54) is 6.92 Å². The number of nitrogens with one attached hydrogen (secondary N) is 1. The van der Waals surface area contributed by atoms with E-state index < -0.39 is 13.8 Å². The first-order valence-corrected chi connectivity index (χ1v) is 6.37. The van der Waals surface area contributed by atoms with E-state index in [1.807, 2.05) is 0 Å². The molecule has 96 valence electrons. The average molecular weight is 255 g/mol. The second-order valence-electron chi connectivity index (χ2n) is 2.93. The molecule has 0 saturated heterocycles. The highest BCUT2D eigenvalue weighted by molar-refractivity contribution is 7.47. The molecular formula is C8H18NO6P. The van der Waals surface area contributed by atoms with Gasteiger partial charge in [0.05, 0.1) is 19.8 Å². The average Bonchev–Trinajstić information content (AvgIpc) is 2.16. The standard InChI is InChI=1S/C8H18NO6P/c1-8(10)13-5-3-6-14-16(11,12)15-7-4-9-2/h9H,3-7H2,1-2H3,(H,11,12). The minimum atomic E-state index is -3.97. The fraction of sp³-hybridized carbons (Fsp3) is 0.875. The molecule has 0 fully saturated rings. The van der Waals surface area contributed by atoms with Crippen LogP contribution in [0.4, 0.5) is 0 Å². The molecule has 1 unspecified atom stereocenters. The van der Waals surface area contributed by atoms with Gasteiger partial charge in [0.15, 0.2) is 0 Å². The van der Waals surface area contributed by atoms with Gasteiger partial charge in [-0.3, -0.25) is 13.8 Å². The van der Waals surface area contributed by atoms with Gasteiger partial charge in [-0.05, 0) is 7.05 Å². The van der Waals surface area contributed by atoms with Crippen molar-refractivity contribution < 1.29 is 28.0 Å². The van der Waals surface area contributed by atoms with Crippen LogP contribution in [0, 0.1) is 0 Å². The van der Waals surface area contributed by atoms with Crippen LogP contribution in [0.25, 0.3) is 0 Å². The van der Waals surface area contributed by atoms with Gasteiger partial charge in [-0.25, -0.2) is 4.57 Å². The minimum Gasteiger partial charge on any atom is -0.466 e. The lowest BCUT2D eigenvalue weighted by atomic mass is 10.5. The molecule has 0 radical (unpaired) electrons. The summed E-state index contributed by atoms with van der Waals surface area (Å²) in [5.41, 5.74) is 0. The summed E-state index contributed by atoms with van der Waals surface area (Å²) in [5.74, 6) is -0.391. The van der Waals surface area contributed by atoms with Crippen LogP contribution in [0.1, 0.15) is 13.3 Å². The summed E-state index contributed by atoms with van der Waals surface area (Å²) in [6.07, 6.45) is 0.347. The fourth-order valence-corrected chi connectivity index (χ4v) is 1.51. The number of likely N-dealkylation sites (N-methyl/N-ethyl adjacent to an activating group) is 1. The van der Waals surface area contributed by atoms with E-state index in [0.717, 1.165) is 0 Å². The number of phosphoric acid groups is 1. The molecule has 0 bridgehead atoms. The topological polar surface area (TPSA) is 94.1 Å². The van der Waals surface area contributed by atoms with E-state index in [4.69, 9.17) is 4.89 Å². The minimum absolute atomic E-state index is 0.000606. The Balaban J connectivity index is 3.50. The molecule has 8 heteroatoms. The fourth-order valence-electron chi connectivity index (χ4n) is 0.755. The van der Waals surface area contributed by atoms with Gasteiger partial charge in [-0.2, -0.15) is 0 Å². The normalized spacial score (nSPS) is 14.4. The number of ether oxygens (including phenoxy) is 1. The molecule has 2 N–H and O–H groups in total. The maximum Gasteiger partial charge on any atom is 0.472 e. The molecule has 1 atom stereocenters. The van der Waals surface area contributed by atoms with Gasteiger partial charge in [-0.15, -0.1) is 0 Å². The molecule has 0 heterocycles. The lowest BCUT2D eigenvalue weighted by molar-refractivity contribution is -0.141. The van der Waals surface area contributed by atoms with Crippen molar-refractivity contribution in [3.8, 4) is 0 Å². The maximum atomic E-state index is 11.2. The van der Waals surface area contributed by atoms with Crippen molar-refractivity contribution in [2.75, 3.05) is 33.4 Å². The molecular weight excluding hydrogens is 237 g/mol. The number of rotatable bonds is 9. The van der Waals surface area contributed by atoms with Crippen molar-refractivity contribution in [3.05, 3.63) is 0 Å². The molecule has 0 rings (SSSR count). The van der Waals surface area contributed by atoms with Gasteiger partial charge in [0.1, 0.15) is 0 Å². The van der Waals surface area contributed by atoms with Crippen LogP contribution in [-0.4, -0.2) is 44.3 Å². The van der Waals surface area contributed by atoms with E-state index in [1.54, 1.807) is 7.05 Å². The second-order valence-corrected chi connectivity index (χ2v) is 4.39. The molecule has 0 aromatic rings. The van der Waals surface area contributed by atoms with Gasteiger partial charge in [0.25, 0.3) is 0 Å². The zero-order chi connectivity index (χ0) is 12.4. The quantitative estimate of drug-likeness (QED) is 0.347. The number of hydrogen-bond acceptors (Lipinski definition) is 6. The van der Waals surface area contributed by atoms with Gasteiger partial charge in [0, 0.05) is 19.9 Å². The monoisotopic (exact) mass is 255 g/mol. The first-order valence-electron chi connectivity index (χ1n) is 4.88. The lowest BCUT2D eigenvalue weighted by Gasteiger charge is -2.11. The van der Waals surface area contributed by atoms with Crippen molar-refractivity contribution in [3.63, 3.8) is 0 Å². The second kappa shape index (κ2) is 8.66. The lowest BCUT2D eigenvalue weighted by Crippen LogP contribution is -2.14. The van der Waals surface area contributed by atoms with Gasteiger partial charge >= 0.3 is 13.8 Å². The molecule has 0 aromatic heterocycles. The van der Waals surface area contributed by atoms with Crippen LogP contribution in [0.3, 0.4) is 0 Å². The zero-order valence-corrected chi connectivity index (χ0v) is 10.4. The largest absolute Gasteiger partial charge is 0.472 e. The van der Waals surface area contributed by atoms with Crippen LogP contribution in [0.2, 0.25) is 0 Å². The third-order valence-electron chi connectivity index (χ3n) is 1.45. The molecule has 7 nitrogen and oxygen atoms in total. The smallest absolute Gasteiger partial charge is 0.466 e. The predicted molar refractivity (Wildman–Crippen MR) is 56.9 cm³/mol. The third kappa shape index (κ3) is 10.1. The highest BCUT2D eigenvalue weighted by Gasteiger charge is 2.19. The first-order chi connectivity index (χ1) is 7.48. The van der Waals surface area contributed by atoms with Gasteiger partial charge in [0.2, 0.25) is 0 Å². The van der Waals surface area contributed by atoms with Gasteiger partial charge < -0.3 is 14.9 Å². The molecule has 0 aliphatic heterocycles. The Morgan fingerprint density at radius 2 is 1.94 bits per heavy atom. The van der Waals surface area contributed by atoms with Crippen LogP contribution >= 0.6 is 7.82 Å². The Morgan fingerprint density at radius 3 is 2.50 bits per heavy atom. The summed E-state index contributed by atoms with van der Waals surface area (Å²) in [6.45, 7) is 2.00. The van der Waals surface area contributed by atoms with Gasteiger partial charge in [-0.1, -0.05) is 0 Å². The summed E-state index contributed by atoms with van der Waals surface area (Å²) in [5, 5.41) is 2.76. The van der Waals surface area contributed by atoms with Crippen LogP contribution < -0.4 is 5.32 Å². The summed E-state index contributed by atoms with van der Waals surface area (Å²) in [7, 11) is -2.27. The van der Waals surface area contributed by atoms with Crippen LogP contribution in [0.5, 0.6) is 0 Å². The summed E-state index contributed by atoms with van der Waals surface area (Å²) in [6, 6.07) is 0. The molecule has 0 saturated carbocycles. The Morgan fingerprint density at radius 1 is 1.31 bits per heavy atom. The number of esters is 1. The van der Waals surface area contributed by atoms with E-state index in [9.17, 15) is 9.36 Å². The third-order valence-corrected chi connectivity index (χ3v) is 2.47. The molecule has 0 aliphatic carbocycles. The van der Waals surface area contributed by atoms with Crippen molar-refractivity contribution in [1.29, 1.82) is 0 Å². The molecule has 0 aromatic carbocycles. The summed E-state index contributed by atoms with van der Waals surface area (Å²) < 4.78 is 25.0. The van der Waals surface area contributed by atoms with Crippen molar-refractivity contribution in [2.24, 2.45) is 0 Å². The summed E-state index contributed by atoms with van der Waals surface area (Å²) in [4.78, 5) is 19.5. The highest BCUT2D eigenvalue weighted by atomic mass is 31.2. The Hall–Kier alpha value is -0.460. The SMILES string of the molecule is CNCCOP(=O)(O)OCCCOC(C)=O. The predicted octanol–water partition coefficient (Wildman–Crippen LogP) is 0.293.